The summed E-state index contributed by atoms with van der Waals surface area (Å²) < 4.78 is 0.994. The Labute approximate surface area is 87.9 Å². The van der Waals surface area contributed by atoms with Crippen LogP contribution in [-0.2, 0) is 0 Å². The summed E-state index contributed by atoms with van der Waals surface area (Å²) in [7, 11) is 0. The molecule has 72 valence electrons. The monoisotopic (exact) mass is 242 g/mol. The van der Waals surface area contributed by atoms with Crippen molar-refractivity contribution < 1.29 is 5.11 Å². The summed E-state index contributed by atoms with van der Waals surface area (Å²) in [6, 6.07) is 6.02. The van der Waals surface area contributed by atoms with E-state index in [4.69, 9.17) is 0 Å². The number of rotatable bonds is 2. The third-order valence-electron chi connectivity index (χ3n) is 2.11. The smallest absolute Gasteiger partial charge is 0.0823 e. The highest BCUT2D eigenvalue weighted by atomic mass is 79.9. The fraction of sp³-hybridized carbons (Fsp3) is 0.455. The van der Waals surface area contributed by atoms with Gasteiger partial charge in [0.2, 0.25) is 0 Å². The van der Waals surface area contributed by atoms with Gasteiger partial charge < -0.3 is 5.11 Å². The van der Waals surface area contributed by atoms with Gasteiger partial charge in [-0.15, -0.1) is 0 Å². The Morgan fingerprint density at radius 1 is 1.31 bits per heavy atom. The molecule has 1 aromatic rings. The summed E-state index contributed by atoms with van der Waals surface area (Å²) in [5.74, 6) is 0.249. The second-order valence-corrected chi connectivity index (χ2v) is 4.57. The predicted octanol–water partition coefficient (Wildman–Crippen LogP) is 3.45. The Hall–Kier alpha value is -0.340. The summed E-state index contributed by atoms with van der Waals surface area (Å²) in [5, 5.41) is 9.84. The lowest BCUT2D eigenvalue weighted by molar-refractivity contribution is 0.126. The SMILES string of the molecule is Cc1ccc([C@H](O)C(C)C)c(Br)c1. The molecule has 0 aromatic heterocycles. The second kappa shape index (κ2) is 4.25. The summed E-state index contributed by atoms with van der Waals surface area (Å²) in [4.78, 5) is 0. The van der Waals surface area contributed by atoms with Gasteiger partial charge in [0.25, 0.3) is 0 Å². The van der Waals surface area contributed by atoms with Gasteiger partial charge in [0.1, 0.15) is 0 Å². The van der Waals surface area contributed by atoms with Gasteiger partial charge in [-0.3, -0.25) is 0 Å². The fourth-order valence-corrected chi connectivity index (χ4v) is 1.96. The van der Waals surface area contributed by atoms with Crippen LogP contribution in [0.5, 0.6) is 0 Å². The first kappa shape index (κ1) is 10.7. The maximum Gasteiger partial charge on any atom is 0.0823 e. The Morgan fingerprint density at radius 2 is 1.92 bits per heavy atom. The standard InChI is InChI=1S/C11H15BrO/c1-7(2)11(13)9-5-4-8(3)6-10(9)12/h4-7,11,13H,1-3H3/t11-/m1/s1. The molecule has 0 amide bonds. The molecule has 0 fully saturated rings. The maximum atomic E-state index is 9.84. The fourth-order valence-electron chi connectivity index (χ4n) is 1.23. The first-order valence-electron chi connectivity index (χ1n) is 4.46. The maximum absolute atomic E-state index is 9.84. The van der Waals surface area contributed by atoms with E-state index in [2.05, 4.69) is 15.9 Å². The molecule has 0 aliphatic heterocycles. The van der Waals surface area contributed by atoms with E-state index in [-0.39, 0.29) is 12.0 Å². The van der Waals surface area contributed by atoms with Gasteiger partial charge in [0.05, 0.1) is 6.10 Å². The van der Waals surface area contributed by atoms with Crippen molar-refractivity contribution in [2.45, 2.75) is 26.9 Å². The normalized spacial score (nSPS) is 13.4. The topological polar surface area (TPSA) is 20.2 Å². The van der Waals surface area contributed by atoms with E-state index in [1.165, 1.54) is 5.56 Å². The van der Waals surface area contributed by atoms with E-state index in [0.29, 0.717) is 0 Å². The van der Waals surface area contributed by atoms with Crippen LogP contribution < -0.4 is 0 Å². The number of halogens is 1. The molecule has 1 rings (SSSR count). The van der Waals surface area contributed by atoms with Crippen molar-refractivity contribution in [3.05, 3.63) is 33.8 Å². The van der Waals surface area contributed by atoms with Crippen LogP contribution in [-0.4, -0.2) is 5.11 Å². The minimum atomic E-state index is -0.380. The van der Waals surface area contributed by atoms with Crippen molar-refractivity contribution in [2.24, 2.45) is 5.92 Å². The lowest BCUT2D eigenvalue weighted by Gasteiger charge is -2.16. The molecule has 0 aliphatic carbocycles. The largest absolute Gasteiger partial charge is 0.388 e. The van der Waals surface area contributed by atoms with Crippen molar-refractivity contribution in [1.29, 1.82) is 0 Å². The van der Waals surface area contributed by atoms with Gasteiger partial charge in [0, 0.05) is 4.47 Å². The number of benzene rings is 1. The molecule has 0 heterocycles. The Bertz CT molecular complexity index is 294. The molecule has 0 saturated carbocycles. The van der Waals surface area contributed by atoms with E-state index in [0.717, 1.165) is 10.0 Å². The molecule has 2 heteroatoms. The number of aliphatic hydroxyl groups is 1. The van der Waals surface area contributed by atoms with Gasteiger partial charge in [-0.25, -0.2) is 0 Å². The number of aliphatic hydroxyl groups excluding tert-OH is 1. The molecule has 1 atom stereocenters. The van der Waals surface area contributed by atoms with Crippen molar-refractivity contribution in [2.75, 3.05) is 0 Å². The van der Waals surface area contributed by atoms with Crippen molar-refractivity contribution in [3.8, 4) is 0 Å². The van der Waals surface area contributed by atoms with Crippen molar-refractivity contribution in [1.82, 2.24) is 0 Å². The van der Waals surface area contributed by atoms with Crippen LogP contribution >= 0.6 is 15.9 Å². The molecule has 13 heavy (non-hydrogen) atoms. The van der Waals surface area contributed by atoms with Crippen LogP contribution in [0.2, 0.25) is 0 Å². The molecule has 0 spiro atoms. The van der Waals surface area contributed by atoms with E-state index in [9.17, 15) is 5.11 Å². The van der Waals surface area contributed by atoms with Crippen LogP contribution in [0, 0.1) is 12.8 Å². The minimum Gasteiger partial charge on any atom is -0.388 e. The lowest BCUT2D eigenvalue weighted by atomic mass is 9.98. The number of aryl methyl sites for hydroxylation is 1. The highest BCUT2D eigenvalue weighted by molar-refractivity contribution is 9.10. The van der Waals surface area contributed by atoms with E-state index >= 15 is 0 Å². The Kier molecular flexibility index (Phi) is 3.51. The average Bonchev–Trinajstić information content (AvgIpc) is 2.03. The van der Waals surface area contributed by atoms with E-state index in [1.807, 2.05) is 39.0 Å². The summed E-state index contributed by atoms with van der Waals surface area (Å²) in [6.45, 7) is 6.06. The third-order valence-corrected chi connectivity index (χ3v) is 2.79. The molecule has 1 nitrogen and oxygen atoms in total. The van der Waals surface area contributed by atoms with Gasteiger partial charge >= 0.3 is 0 Å². The zero-order valence-corrected chi connectivity index (χ0v) is 9.80. The van der Waals surface area contributed by atoms with Crippen LogP contribution in [0.15, 0.2) is 22.7 Å². The zero-order chi connectivity index (χ0) is 10.0. The van der Waals surface area contributed by atoms with Crippen LogP contribution in [0.3, 0.4) is 0 Å². The second-order valence-electron chi connectivity index (χ2n) is 3.71. The first-order valence-corrected chi connectivity index (χ1v) is 5.25. The third kappa shape index (κ3) is 2.55. The van der Waals surface area contributed by atoms with Gasteiger partial charge in [-0.1, -0.05) is 41.9 Å². The van der Waals surface area contributed by atoms with Gasteiger partial charge in [0.15, 0.2) is 0 Å². The van der Waals surface area contributed by atoms with Crippen molar-refractivity contribution >= 4 is 15.9 Å². The van der Waals surface area contributed by atoms with Crippen LogP contribution in [0.4, 0.5) is 0 Å². The summed E-state index contributed by atoms with van der Waals surface area (Å²) >= 11 is 3.46. The number of hydrogen-bond acceptors (Lipinski definition) is 1. The molecular weight excluding hydrogens is 228 g/mol. The quantitative estimate of drug-likeness (QED) is 0.843. The Morgan fingerprint density at radius 3 is 2.38 bits per heavy atom. The van der Waals surface area contributed by atoms with Gasteiger partial charge in [-0.05, 0) is 30.0 Å². The molecule has 0 aliphatic rings. The summed E-state index contributed by atoms with van der Waals surface area (Å²) in [6.07, 6.45) is -0.380. The molecule has 1 aromatic carbocycles. The highest BCUT2D eigenvalue weighted by Crippen LogP contribution is 2.28. The minimum absolute atomic E-state index is 0.249. The van der Waals surface area contributed by atoms with E-state index < -0.39 is 0 Å². The first-order chi connectivity index (χ1) is 6.02. The summed E-state index contributed by atoms with van der Waals surface area (Å²) in [5.41, 5.74) is 2.17. The van der Waals surface area contributed by atoms with E-state index in [1.54, 1.807) is 0 Å². The highest BCUT2D eigenvalue weighted by Gasteiger charge is 2.14. The zero-order valence-electron chi connectivity index (χ0n) is 8.21. The lowest BCUT2D eigenvalue weighted by Crippen LogP contribution is -2.06. The average molecular weight is 243 g/mol. The van der Waals surface area contributed by atoms with Crippen LogP contribution in [0.25, 0.3) is 0 Å². The van der Waals surface area contributed by atoms with Crippen molar-refractivity contribution in [3.63, 3.8) is 0 Å². The molecule has 0 bridgehead atoms. The number of hydrogen-bond donors (Lipinski definition) is 1. The van der Waals surface area contributed by atoms with Gasteiger partial charge in [-0.2, -0.15) is 0 Å². The molecule has 0 radical (unpaired) electrons. The molecule has 0 saturated heterocycles. The van der Waals surface area contributed by atoms with Crippen LogP contribution in [0.1, 0.15) is 31.1 Å². The predicted molar refractivity (Wildman–Crippen MR) is 58.7 cm³/mol. The molecule has 1 N–H and O–H groups in total. The Balaban J connectivity index is 3.01. The molecular formula is C11H15BrO. The molecule has 0 unspecified atom stereocenters.